The minimum atomic E-state index is -3.77. The van der Waals surface area contributed by atoms with Gasteiger partial charge in [-0.1, -0.05) is 0 Å². The van der Waals surface area contributed by atoms with Crippen LogP contribution in [0, 0.1) is 5.92 Å². The summed E-state index contributed by atoms with van der Waals surface area (Å²) in [4.78, 5) is -0.0463. The van der Waals surface area contributed by atoms with Crippen LogP contribution in [0.15, 0.2) is 17.3 Å². The van der Waals surface area contributed by atoms with Gasteiger partial charge in [0.15, 0.2) is 0 Å². The molecule has 1 unspecified atom stereocenters. The zero-order chi connectivity index (χ0) is 15.0. The minimum absolute atomic E-state index is 0.0463. The van der Waals surface area contributed by atoms with Gasteiger partial charge < -0.3 is 0 Å². The molecule has 0 aromatic carbocycles. The molecular weight excluding hydrogens is 326 g/mol. The van der Waals surface area contributed by atoms with E-state index in [2.05, 4.69) is 5.10 Å². The molecule has 0 bridgehead atoms. The lowest BCUT2D eigenvalue weighted by Crippen LogP contribution is -2.40. The summed E-state index contributed by atoms with van der Waals surface area (Å²) in [6.07, 6.45) is 5.43. The van der Waals surface area contributed by atoms with Gasteiger partial charge >= 0.3 is 0 Å². The van der Waals surface area contributed by atoms with Crippen molar-refractivity contribution in [2.45, 2.75) is 24.3 Å². The molecule has 1 atom stereocenters. The van der Waals surface area contributed by atoms with Gasteiger partial charge in [-0.2, -0.15) is 5.10 Å². The van der Waals surface area contributed by atoms with E-state index in [9.17, 15) is 16.8 Å². The molecule has 1 fully saturated rings. The van der Waals surface area contributed by atoms with Crippen LogP contribution >= 0.6 is 10.7 Å². The van der Waals surface area contributed by atoms with Crippen LogP contribution in [0.4, 0.5) is 0 Å². The fourth-order valence-electron chi connectivity index (χ4n) is 2.31. The van der Waals surface area contributed by atoms with E-state index in [0.29, 0.717) is 19.6 Å². The van der Waals surface area contributed by atoms with Crippen molar-refractivity contribution in [3.8, 4) is 0 Å². The Balaban J connectivity index is 2.05. The Morgan fingerprint density at radius 1 is 1.40 bits per heavy atom. The second kappa shape index (κ2) is 5.63. The predicted molar refractivity (Wildman–Crippen MR) is 74.4 cm³/mol. The predicted octanol–water partition coefficient (Wildman–Crippen LogP) is 0.482. The van der Waals surface area contributed by atoms with Gasteiger partial charge in [0.2, 0.25) is 10.0 Å². The van der Waals surface area contributed by atoms with Gasteiger partial charge in [-0.25, -0.2) is 21.1 Å². The van der Waals surface area contributed by atoms with Crippen LogP contribution in [0.1, 0.15) is 12.8 Å². The fourth-order valence-corrected chi connectivity index (χ4v) is 3.91. The highest BCUT2D eigenvalue weighted by atomic mass is 35.7. The zero-order valence-electron chi connectivity index (χ0n) is 10.9. The summed E-state index contributed by atoms with van der Waals surface area (Å²) in [6.45, 7) is 1.44. The average molecular weight is 342 g/mol. The molecule has 7 nitrogen and oxygen atoms in total. The van der Waals surface area contributed by atoms with Crippen LogP contribution in [0.3, 0.4) is 0 Å². The number of sulfonamides is 1. The molecule has 2 heterocycles. The third kappa shape index (κ3) is 3.94. The number of hydrogen-bond donors (Lipinski definition) is 0. The number of aromatic nitrogens is 2. The van der Waals surface area contributed by atoms with Crippen LogP contribution in [-0.4, -0.2) is 50.3 Å². The van der Waals surface area contributed by atoms with Crippen molar-refractivity contribution in [1.29, 1.82) is 0 Å². The lowest BCUT2D eigenvalue weighted by Gasteiger charge is -2.30. The van der Waals surface area contributed by atoms with E-state index < -0.39 is 19.1 Å². The highest BCUT2D eigenvalue weighted by molar-refractivity contribution is 8.13. The highest BCUT2D eigenvalue weighted by Crippen LogP contribution is 2.21. The largest absolute Gasteiger partial charge is 0.271 e. The van der Waals surface area contributed by atoms with Gasteiger partial charge in [-0.05, 0) is 18.8 Å². The Bertz CT molecular complexity index is 683. The molecule has 0 radical (unpaired) electrons. The molecule has 0 amide bonds. The van der Waals surface area contributed by atoms with Gasteiger partial charge in [-0.15, -0.1) is 0 Å². The van der Waals surface area contributed by atoms with E-state index in [-0.39, 0.29) is 10.8 Å². The average Bonchev–Trinajstić information content (AvgIpc) is 2.76. The monoisotopic (exact) mass is 341 g/mol. The van der Waals surface area contributed by atoms with Gasteiger partial charge in [0, 0.05) is 36.5 Å². The second-order valence-electron chi connectivity index (χ2n) is 4.97. The maximum atomic E-state index is 11.5. The van der Waals surface area contributed by atoms with Crippen LogP contribution < -0.4 is 0 Å². The van der Waals surface area contributed by atoms with Gasteiger partial charge in [0.25, 0.3) is 9.05 Å². The molecule has 1 aliphatic heterocycles. The molecule has 0 aliphatic carbocycles. The summed E-state index contributed by atoms with van der Waals surface area (Å²) in [7, 11) is -1.73. The number of piperidine rings is 1. The van der Waals surface area contributed by atoms with Crippen molar-refractivity contribution in [2.75, 3.05) is 19.3 Å². The van der Waals surface area contributed by atoms with Crippen LogP contribution in [0.5, 0.6) is 0 Å². The zero-order valence-corrected chi connectivity index (χ0v) is 13.3. The Hall–Kier alpha value is -0.640. The normalized spacial score (nSPS) is 22.0. The third-order valence-corrected chi connectivity index (χ3v) is 5.87. The lowest BCUT2D eigenvalue weighted by molar-refractivity contribution is 0.240. The Morgan fingerprint density at radius 2 is 2.10 bits per heavy atom. The van der Waals surface area contributed by atoms with Crippen molar-refractivity contribution in [2.24, 2.45) is 5.92 Å². The molecule has 1 aromatic heterocycles. The molecule has 1 aromatic rings. The van der Waals surface area contributed by atoms with E-state index in [4.69, 9.17) is 10.7 Å². The molecule has 20 heavy (non-hydrogen) atoms. The summed E-state index contributed by atoms with van der Waals surface area (Å²) in [5, 5.41) is 3.95. The van der Waals surface area contributed by atoms with Crippen molar-refractivity contribution in [3.05, 3.63) is 12.4 Å². The first-order chi connectivity index (χ1) is 9.16. The third-order valence-electron chi connectivity index (χ3n) is 3.29. The maximum Gasteiger partial charge on any atom is 0.264 e. The minimum Gasteiger partial charge on any atom is -0.271 e. The topological polar surface area (TPSA) is 89.3 Å². The molecule has 1 saturated heterocycles. The summed E-state index contributed by atoms with van der Waals surface area (Å²) in [5.41, 5.74) is 0. The molecular formula is C10H16ClN3O4S2. The first-order valence-corrected chi connectivity index (χ1v) is 10.2. The van der Waals surface area contributed by atoms with Crippen molar-refractivity contribution in [3.63, 3.8) is 0 Å². The maximum absolute atomic E-state index is 11.5. The summed E-state index contributed by atoms with van der Waals surface area (Å²) >= 11 is 0. The van der Waals surface area contributed by atoms with Crippen molar-refractivity contribution >= 4 is 29.8 Å². The van der Waals surface area contributed by atoms with Crippen LogP contribution in [0.2, 0.25) is 0 Å². The van der Waals surface area contributed by atoms with Gasteiger partial charge in [-0.3, -0.25) is 4.68 Å². The SMILES string of the molecule is CS(=O)(=O)N1CCCC(Cn2cc(S(=O)(=O)Cl)cn2)C1. The van der Waals surface area contributed by atoms with Crippen molar-refractivity contribution in [1.82, 2.24) is 14.1 Å². The standard InChI is InChI=1S/C10H16ClN3O4S2/c1-19(15,16)14-4-2-3-9(7-14)6-13-8-10(5-12-13)20(11,17)18/h5,8-9H,2-4,6-7H2,1H3. The quantitative estimate of drug-likeness (QED) is 0.743. The van der Waals surface area contributed by atoms with Crippen LogP contribution in [-0.2, 0) is 25.6 Å². The van der Waals surface area contributed by atoms with Gasteiger partial charge in [0.1, 0.15) is 4.90 Å². The number of halogens is 1. The molecule has 0 spiro atoms. The number of hydrogen-bond acceptors (Lipinski definition) is 5. The fraction of sp³-hybridized carbons (Fsp3) is 0.700. The Labute approximate surface area is 123 Å². The van der Waals surface area contributed by atoms with E-state index >= 15 is 0 Å². The van der Waals surface area contributed by atoms with E-state index in [1.165, 1.54) is 27.6 Å². The molecule has 0 N–H and O–H groups in total. The highest BCUT2D eigenvalue weighted by Gasteiger charge is 2.26. The smallest absolute Gasteiger partial charge is 0.264 e. The summed E-state index contributed by atoms with van der Waals surface area (Å²) < 4.78 is 48.3. The van der Waals surface area contributed by atoms with E-state index in [1.807, 2.05) is 0 Å². The van der Waals surface area contributed by atoms with Crippen molar-refractivity contribution < 1.29 is 16.8 Å². The van der Waals surface area contributed by atoms with Gasteiger partial charge in [0.05, 0.1) is 12.5 Å². The summed E-state index contributed by atoms with van der Waals surface area (Å²) in [6, 6.07) is 0. The lowest BCUT2D eigenvalue weighted by atomic mass is 10.00. The van der Waals surface area contributed by atoms with E-state index in [0.717, 1.165) is 12.8 Å². The second-order valence-corrected chi connectivity index (χ2v) is 9.51. The Morgan fingerprint density at radius 3 is 2.65 bits per heavy atom. The van der Waals surface area contributed by atoms with Crippen LogP contribution in [0.25, 0.3) is 0 Å². The molecule has 1 aliphatic rings. The molecule has 10 heteroatoms. The number of nitrogens with zero attached hydrogens (tertiary/aromatic N) is 3. The first kappa shape index (κ1) is 15.7. The molecule has 114 valence electrons. The number of rotatable bonds is 4. The molecule has 0 saturated carbocycles. The summed E-state index contributed by atoms with van der Waals surface area (Å²) in [5.74, 6) is 0.115. The van der Waals surface area contributed by atoms with E-state index in [1.54, 1.807) is 0 Å². The Kier molecular flexibility index (Phi) is 4.43. The molecule has 2 rings (SSSR count). The first-order valence-electron chi connectivity index (χ1n) is 6.08.